The molecule has 0 saturated carbocycles. The molecule has 9 aromatic rings. The van der Waals surface area contributed by atoms with E-state index < -0.39 is 0 Å². The Labute approximate surface area is 585 Å². The van der Waals surface area contributed by atoms with Gasteiger partial charge < -0.3 is 28.4 Å². The molecule has 1 atom stereocenters. The van der Waals surface area contributed by atoms with Crippen LogP contribution in [0.15, 0.2) is 202 Å². The Bertz CT molecular complexity index is 3820. The zero-order valence-electron chi connectivity index (χ0n) is 62.9. The molecule has 0 N–H and O–H groups in total. The summed E-state index contributed by atoms with van der Waals surface area (Å²) in [5, 5.41) is 0. The van der Waals surface area contributed by atoms with Crippen molar-refractivity contribution in [2.24, 2.45) is 0 Å². The first-order valence-corrected chi connectivity index (χ1v) is 34.4. The van der Waals surface area contributed by atoms with Crippen molar-refractivity contribution in [2.45, 2.75) is 207 Å². The smallest absolute Gasteiger partial charge is 0.131 e. The highest BCUT2D eigenvalue weighted by Crippen LogP contribution is 2.49. The quantitative estimate of drug-likeness (QED) is 0.0709. The largest absolute Gasteiger partial charge is 0.488 e. The van der Waals surface area contributed by atoms with Gasteiger partial charge in [-0.1, -0.05) is 197 Å². The van der Waals surface area contributed by atoms with Gasteiger partial charge in [0, 0.05) is 22.6 Å². The third-order valence-corrected chi connectivity index (χ3v) is 17.1. The van der Waals surface area contributed by atoms with E-state index in [0.29, 0.717) is 19.8 Å². The number of hydrogen-bond acceptors (Lipinski definition) is 6. The van der Waals surface area contributed by atoms with Gasteiger partial charge in [-0.25, -0.2) is 0 Å². The molecule has 0 saturated heterocycles. The van der Waals surface area contributed by atoms with Crippen molar-refractivity contribution in [2.75, 3.05) is 0 Å². The lowest BCUT2D eigenvalue weighted by Gasteiger charge is -2.32. The molecular formula is C91H112O6. The van der Waals surface area contributed by atoms with Gasteiger partial charge in [-0.05, 0) is 250 Å². The Morgan fingerprint density at radius 2 is 0.557 bits per heavy atom. The van der Waals surface area contributed by atoms with Crippen molar-refractivity contribution in [3.63, 3.8) is 0 Å². The van der Waals surface area contributed by atoms with Crippen LogP contribution in [-0.4, -0.2) is 0 Å². The number of rotatable bonds is 20. The lowest BCUT2D eigenvalue weighted by atomic mass is 9.74. The maximum absolute atomic E-state index is 7.07. The SMILES string of the molecule is C=CC.C=CC.C=CC.Cc1cc(Oc2cc(C)c(OCc3ccccc3)c(C)c2)c(C(C)(C)C)cc1C(C)CC(c1cc(C(C)(C)C)c(Oc2cc(C)c(OCc3ccccc3)c(C)c2)cc1C)c1cc(C(C)(C)C)c(Oc2cc(C)c(OCc3ccccc3)c(C)c2)cc1C. The van der Waals surface area contributed by atoms with Crippen molar-refractivity contribution in [1.29, 1.82) is 0 Å². The molecule has 512 valence electrons. The molecule has 0 heterocycles. The topological polar surface area (TPSA) is 55.4 Å². The average molecular weight is 1300 g/mol. The summed E-state index contributed by atoms with van der Waals surface area (Å²) in [4.78, 5) is 0. The second kappa shape index (κ2) is 34.8. The van der Waals surface area contributed by atoms with Gasteiger partial charge in [0.15, 0.2) is 0 Å². The average Bonchev–Trinajstić information content (AvgIpc) is 0.767. The zero-order valence-corrected chi connectivity index (χ0v) is 62.9. The summed E-state index contributed by atoms with van der Waals surface area (Å²) in [6, 6.07) is 57.8. The van der Waals surface area contributed by atoms with E-state index >= 15 is 0 Å². The number of benzene rings is 9. The van der Waals surface area contributed by atoms with Gasteiger partial charge in [0.1, 0.15) is 71.6 Å². The van der Waals surface area contributed by atoms with Crippen LogP contribution in [0, 0.1) is 62.3 Å². The molecule has 9 aromatic carbocycles. The Balaban J connectivity index is 0.00000156. The summed E-state index contributed by atoms with van der Waals surface area (Å²) in [7, 11) is 0. The van der Waals surface area contributed by atoms with E-state index in [-0.39, 0.29) is 28.1 Å². The molecular weight excluding hydrogens is 1190 g/mol. The van der Waals surface area contributed by atoms with Gasteiger partial charge >= 0.3 is 0 Å². The Morgan fingerprint density at radius 1 is 0.330 bits per heavy atom. The van der Waals surface area contributed by atoms with Crippen LogP contribution in [0.25, 0.3) is 0 Å². The first-order valence-electron chi connectivity index (χ1n) is 34.4. The number of allylic oxidation sites excluding steroid dienone is 3. The minimum absolute atomic E-state index is 0.0154. The molecule has 1 unspecified atom stereocenters. The first kappa shape index (κ1) is 77.0. The van der Waals surface area contributed by atoms with E-state index in [4.69, 9.17) is 28.4 Å². The molecule has 0 radical (unpaired) electrons. The second-order valence-electron chi connectivity index (χ2n) is 29.1. The van der Waals surface area contributed by atoms with Crippen molar-refractivity contribution < 1.29 is 28.4 Å². The molecule has 9 rings (SSSR count). The van der Waals surface area contributed by atoms with Crippen molar-refractivity contribution in [3.8, 4) is 51.7 Å². The fraction of sp³-hybridized carbons (Fsp3) is 0.341. The third kappa shape index (κ3) is 21.2. The first-order chi connectivity index (χ1) is 45.8. The van der Waals surface area contributed by atoms with Crippen molar-refractivity contribution in [3.05, 3.63) is 302 Å². The van der Waals surface area contributed by atoms with E-state index in [1.54, 1.807) is 18.2 Å². The fourth-order valence-corrected chi connectivity index (χ4v) is 12.5. The Kier molecular flexibility index (Phi) is 27.6. The lowest BCUT2D eigenvalue weighted by molar-refractivity contribution is 0.301. The number of hydrogen-bond donors (Lipinski definition) is 0. The highest BCUT2D eigenvalue weighted by Gasteiger charge is 2.32. The van der Waals surface area contributed by atoms with Crippen LogP contribution in [0.4, 0.5) is 0 Å². The third-order valence-electron chi connectivity index (χ3n) is 17.1. The fourth-order valence-electron chi connectivity index (χ4n) is 12.5. The molecule has 6 heteroatoms. The molecule has 0 fully saturated rings. The standard InChI is InChI=1S/C82H94O6.3C3H6/c1-51(67-45-71(80(11,12)13)74(42-52(67)2)86-64-35-55(5)77(56(6)36-64)83-48-61-29-23-20-24-30-61)41-70(68-46-72(81(14,15)16)75(43-53(68)3)87-65-37-57(7)78(58(8)38-65)84-49-62-31-25-21-26-32-62)69-47-73(82(17,18)19)76(44-54(69)4)88-66-39-59(9)79(60(10)40-66)85-50-63-33-27-22-28-34-63;3*1-3-2/h20-40,42-47,51,70H,41,48-50H2,1-19H3;3*3H,1H2,2H3. The monoisotopic (exact) mass is 1300 g/mol. The van der Waals surface area contributed by atoms with Crippen LogP contribution < -0.4 is 28.4 Å². The van der Waals surface area contributed by atoms with Crippen LogP contribution in [-0.2, 0) is 36.1 Å². The van der Waals surface area contributed by atoms with Crippen LogP contribution in [0.2, 0.25) is 0 Å². The minimum atomic E-state index is -0.265. The number of aryl methyl sites for hydroxylation is 9. The zero-order chi connectivity index (χ0) is 71.5. The summed E-state index contributed by atoms with van der Waals surface area (Å²) in [5.74, 6) is 7.75. The molecule has 0 aromatic heterocycles. The molecule has 0 aliphatic carbocycles. The van der Waals surface area contributed by atoms with E-state index in [9.17, 15) is 0 Å². The second-order valence-corrected chi connectivity index (χ2v) is 29.1. The molecule has 0 bridgehead atoms. The van der Waals surface area contributed by atoms with E-state index in [1.165, 1.54) is 38.9 Å². The normalized spacial score (nSPS) is 11.5. The predicted molar refractivity (Wildman–Crippen MR) is 412 cm³/mol. The van der Waals surface area contributed by atoms with Crippen molar-refractivity contribution in [1.82, 2.24) is 0 Å². The van der Waals surface area contributed by atoms with Gasteiger partial charge in [0.05, 0.1) is 0 Å². The molecule has 6 nitrogen and oxygen atoms in total. The number of ether oxygens (including phenoxy) is 6. The molecule has 0 spiro atoms. The highest BCUT2D eigenvalue weighted by molar-refractivity contribution is 5.58. The van der Waals surface area contributed by atoms with Gasteiger partial charge in [0.25, 0.3) is 0 Å². The van der Waals surface area contributed by atoms with Gasteiger partial charge in [-0.15, -0.1) is 19.7 Å². The van der Waals surface area contributed by atoms with Gasteiger partial charge in [-0.2, -0.15) is 0 Å². The van der Waals surface area contributed by atoms with Crippen LogP contribution in [0.5, 0.6) is 51.7 Å². The van der Waals surface area contributed by atoms with E-state index in [1.807, 2.05) is 75.4 Å². The summed E-state index contributed by atoms with van der Waals surface area (Å²) in [6.07, 6.45) is 6.09. The van der Waals surface area contributed by atoms with Gasteiger partial charge in [-0.3, -0.25) is 0 Å². The maximum atomic E-state index is 7.07. The minimum Gasteiger partial charge on any atom is -0.488 e. The molecule has 97 heavy (non-hydrogen) atoms. The maximum Gasteiger partial charge on any atom is 0.131 e. The van der Waals surface area contributed by atoms with E-state index in [2.05, 4.69) is 260 Å². The predicted octanol–water partition coefficient (Wildman–Crippen LogP) is 26.4. The molecule has 0 amide bonds. The van der Waals surface area contributed by atoms with Crippen LogP contribution >= 0.6 is 0 Å². The highest BCUT2D eigenvalue weighted by atomic mass is 16.5. The van der Waals surface area contributed by atoms with Crippen LogP contribution in [0.3, 0.4) is 0 Å². The van der Waals surface area contributed by atoms with Gasteiger partial charge in [0.2, 0.25) is 0 Å². The van der Waals surface area contributed by atoms with Crippen LogP contribution in [0.1, 0.15) is 208 Å². The summed E-state index contributed by atoms with van der Waals surface area (Å²) < 4.78 is 40.4. The van der Waals surface area contributed by atoms with E-state index in [0.717, 1.165) is 119 Å². The summed E-state index contributed by atoms with van der Waals surface area (Å²) in [6.45, 7) is 59.7. The van der Waals surface area contributed by atoms with Crippen molar-refractivity contribution >= 4 is 0 Å². The summed E-state index contributed by atoms with van der Waals surface area (Å²) >= 11 is 0. The summed E-state index contributed by atoms with van der Waals surface area (Å²) in [5.41, 5.74) is 19.7. The molecule has 0 aliphatic rings. The Morgan fingerprint density at radius 3 is 0.794 bits per heavy atom. The Hall–Kier alpha value is -9.00. The lowest BCUT2D eigenvalue weighted by Crippen LogP contribution is -2.18. The molecule has 0 aliphatic heterocycles.